The Morgan fingerprint density at radius 2 is 2.30 bits per heavy atom. The van der Waals surface area contributed by atoms with E-state index < -0.39 is 0 Å². The molecular weight excluding hydrogens is 128 g/mol. The van der Waals surface area contributed by atoms with Crippen LogP contribution in [-0.2, 0) is 0 Å². The standard InChI is InChI=1S/C7H12N2O/c8-6-7(2-3-7)9-4-1-5-10/h9-10H,1-5H2. The molecule has 56 valence electrons. The van der Waals surface area contributed by atoms with Crippen LogP contribution in [0.15, 0.2) is 0 Å². The van der Waals surface area contributed by atoms with Gasteiger partial charge < -0.3 is 5.11 Å². The van der Waals surface area contributed by atoms with E-state index in [1.54, 1.807) is 0 Å². The zero-order valence-corrected chi connectivity index (χ0v) is 5.93. The van der Waals surface area contributed by atoms with E-state index in [0.29, 0.717) is 0 Å². The third-order valence-corrected chi connectivity index (χ3v) is 1.76. The molecule has 0 atom stereocenters. The first-order valence-corrected chi connectivity index (χ1v) is 3.60. The third-order valence-electron chi connectivity index (χ3n) is 1.76. The normalized spacial score (nSPS) is 20.0. The zero-order valence-electron chi connectivity index (χ0n) is 5.93. The predicted octanol–water partition coefficient (Wildman–Crippen LogP) is 0.0146. The first-order chi connectivity index (χ1) is 4.83. The number of aliphatic hydroxyl groups is 1. The molecule has 1 fully saturated rings. The van der Waals surface area contributed by atoms with Gasteiger partial charge in [-0.1, -0.05) is 0 Å². The molecule has 1 rings (SSSR count). The summed E-state index contributed by atoms with van der Waals surface area (Å²) in [4.78, 5) is 0. The van der Waals surface area contributed by atoms with Gasteiger partial charge in [-0.05, 0) is 25.8 Å². The van der Waals surface area contributed by atoms with Crippen LogP contribution in [0.5, 0.6) is 0 Å². The van der Waals surface area contributed by atoms with Crippen molar-refractivity contribution in [3.8, 4) is 6.07 Å². The number of rotatable bonds is 4. The van der Waals surface area contributed by atoms with E-state index in [1.807, 2.05) is 0 Å². The van der Waals surface area contributed by atoms with E-state index in [1.165, 1.54) is 0 Å². The molecule has 0 unspecified atom stereocenters. The fourth-order valence-electron chi connectivity index (χ4n) is 0.860. The largest absolute Gasteiger partial charge is 0.396 e. The highest BCUT2D eigenvalue weighted by molar-refractivity contribution is 5.17. The van der Waals surface area contributed by atoms with E-state index in [4.69, 9.17) is 10.4 Å². The lowest BCUT2D eigenvalue weighted by Crippen LogP contribution is -2.30. The Morgan fingerprint density at radius 1 is 1.60 bits per heavy atom. The molecule has 0 heterocycles. The van der Waals surface area contributed by atoms with Crippen LogP contribution in [0.4, 0.5) is 0 Å². The van der Waals surface area contributed by atoms with Crippen LogP contribution in [0, 0.1) is 11.3 Å². The molecule has 3 nitrogen and oxygen atoms in total. The van der Waals surface area contributed by atoms with Crippen LogP contribution in [-0.4, -0.2) is 23.8 Å². The maximum Gasteiger partial charge on any atom is 0.106 e. The van der Waals surface area contributed by atoms with Gasteiger partial charge in [0.05, 0.1) is 6.07 Å². The summed E-state index contributed by atoms with van der Waals surface area (Å²) in [6.45, 7) is 0.957. The molecule has 0 radical (unpaired) electrons. The van der Waals surface area contributed by atoms with Gasteiger partial charge in [0.2, 0.25) is 0 Å². The summed E-state index contributed by atoms with van der Waals surface area (Å²) in [5.74, 6) is 0. The lowest BCUT2D eigenvalue weighted by Gasteiger charge is -2.06. The van der Waals surface area contributed by atoms with Gasteiger partial charge in [0.1, 0.15) is 5.54 Å². The Hall–Kier alpha value is -0.590. The Morgan fingerprint density at radius 3 is 2.70 bits per heavy atom. The second-order valence-corrected chi connectivity index (χ2v) is 2.70. The van der Waals surface area contributed by atoms with E-state index in [9.17, 15) is 0 Å². The molecule has 0 amide bonds. The lowest BCUT2D eigenvalue weighted by atomic mass is 10.3. The van der Waals surface area contributed by atoms with Gasteiger partial charge in [-0.2, -0.15) is 5.26 Å². The van der Waals surface area contributed by atoms with Crippen molar-refractivity contribution in [1.82, 2.24) is 5.32 Å². The fourth-order valence-corrected chi connectivity index (χ4v) is 0.860. The van der Waals surface area contributed by atoms with Gasteiger partial charge in [0.15, 0.2) is 0 Å². The highest BCUT2D eigenvalue weighted by Crippen LogP contribution is 2.33. The first kappa shape index (κ1) is 7.52. The maximum atomic E-state index is 8.58. The number of hydrogen-bond acceptors (Lipinski definition) is 3. The minimum Gasteiger partial charge on any atom is -0.396 e. The molecule has 0 aromatic heterocycles. The summed E-state index contributed by atoms with van der Waals surface area (Å²) in [6, 6.07) is 2.22. The summed E-state index contributed by atoms with van der Waals surface area (Å²) < 4.78 is 0. The number of hydrogen-bond donors (Lipinski definition) is 2. The fraction of sp³-hybridized carbons (Fsp3) is 0.857. The van der Waals surface area contributed by atoms with Crippen LogP contribution >= 0.6 is 0 Å². The van der Waals surface area contributed by atoms with Gasteiger partial charge in [-0.3, -0.25) is 5.32 Å². The third kappa shape index (κ3) is 1.69. The van der Waals surface area contributed by atoms with Crippen LogP contribution < -0.4 is 5.32 Å². The Balaban J connectivity index is 2.09. The highest BCUT2D eigenvalue weighted by atomic mass is 16.3. The smallest absolute Gasteiger partial charge is 0.106 e. The molecule has 1 aliphatic carbocycles. The Labute approximate surface area is 60.7 Å². The molecule has 0 saturated heterocycles. The molecule has 0 aromatic rings. The van der Waals surface area contributed by atoms with E-state index in [0.717, 1.165) is 25.8 Å². The SMILES string of the molecule is N#CC1(NCCCO)CC1. The average molecular weight is 140 g/mol. The molecule has 1 aliphatic rings. The quantitative estimate of drug-likeness (QED) is 0.541. The minimum absolute atomic E-state index is 0.203. The monoisotopic (exact) mass is 140 g/mol. The summed E-state index contributed by atoms with van der Waals surface area (Å²) in [6.07, 6.45) is 2.67. The van der Waals surface area contributed by atoms with Crippen molar-refractivity contribution in [3.05, 3.63) is 0 Å². The van der Waals surface area contributed by atoms with Crippen LogP contribution in [0.1, 0.15) is 19.3 Å². The molecule has 0 bridgehead atoms. The van der Waals surface area contributed by atoms with E-state index in [-0.39, 0.29) is 12.1 Å². The topological polar surface area (TPSA) is 56.0 Å². The number of nitrogens with one attached hydrogen (secondary N) is 1. The van der Waals surface area contributed by atoms with Crippen molar-refractivity contribution >= 4 is 0 Å². The van der Waals surface area contributed by atoms with E-state index >= 15 is 0 Å². The van der Waals surface area contributed by atoms with Crippen molar-refractivity contribution in [2.75, 3.05) is 13.2 Å². The van der Waals surface area contributed by atoms with Crippen molar-refractivity contribution in [2.45, 2.75) is 24.8 Å². The maximum absolute atomic E-state index is 8.58. The second kappa shape index (κ2) is 3.00. The minimum atomic E-state index is -0.213. The summed E-state index contributed by atoms with van der Waals surface area (Å²) in [5, 5.41) is 20.1. The zero-order chi connectivity index (χ0) is 7.45. The Bertz CT molecular complexity index is 146. The van der Waals surface area contributed by atoms with Gasteiger partial charge in [-0.15, -0.1) is 0 Å². The molecule has 0 aromatic carbocycles. The predicted molar refractivity (Wildman–Crippen MR) is 37.3 cm³/mol. The van der Waals surface area contributed by atoms with Gasteiger partial charge in [0, 0.05) is 6.61 Å². The molecule has 0 spiro atoms. The Kier molecular flexibility index (Phi) is 2.25. The van der Waals surface area contributed by atoms with Gasteiger partial charge in [0.25, 0.3) is 0 Å². The summed E-state index contributed by atoms with van der Waals surface area (Å²) in [7, 11) is 0. The number of nitrogens with zero attached hydrogens (tertiary/aromatic N) is 1. The van der Waals surface area contributed by atoms with Crippen LogP contribution in [0.2, 0.25) is 0 Å². The molecular formula is C7H12N2O. The summed E-state index contributed by atoms with van der Waals surface area (Å²) >= 11 is 0. The molecule has 0 aliphatic heterocycles. The van der Waals surface area contributed by atoms with Gasteiger partial charge >= 0.3 is 0 Å². The van der Waals surface area contributed by atoms with Crippen molar-refractivity contribution < 1.29 is 5.11 Å². The van der Waals surface area contributed by atoms with Crippen LogP contribution in [0.25, 0.3) is 0 Å². The van der Waals surface area contributed by atoms with Crippen LogP contribution in [0.3, 0.4) is 0 Å². The average Bonchev–Trinajstić information content (AvgIpc) is 2.70. The van der Waals surface area contributed by atoms with E-state index in [2.05, 4.69) is 11.4 Å². The van der Waals surface area contributed by atoms with Crippen molar-refractivity contribution in [1.29, 1.82) is 5.26 Å². The van der Waals surface area contributed by atoms with Gasteiger partial charge in [-0.25, -0.2) is 0 Å². The molecule has 1 saturated carbocycles. The molecule has 3 heteroatoms. The first-order valence-electron chi connectivity index (χ1n) is 3.60. The number of aliphatic hydroxyl groups excluding tert-OH is 1. The van der Waals surface area contributed by atoms with Crippen molar-refractivity contribution in [2.24, 2.45) is 0 Å². The lowest BCUT2D eigenvalue weighted by molar-refractivity contribution is 0.284. The second-order valence-electron chi connectivity index (χ2n) is 2.70. The molecule has 10 heavy (non-hydrogen) atoms. The number of nitriles is 1. The summed E-state index contributed by atoms with van der Waals surface area (Å²) in [5.41, 5.74) is -0.213. The van der Waals surface area contributed by atoms with Crippen molar-refractivity contribution in [3.63, 3.8) is 0 Å². The molecule has 2 N–H and O–H groups in total. The highest BCUT2D eigenvalue weighted by Gasteiger charge is 2.42.